The predicted octanol–water partition coefficient (Wildman–Crippen LogP) is 4.61. The third-order valence-corrected chi connectivity index (χ3v) is 6.36. The number of methoxy groups -OCH3 is 1. The van der Waals surface area contributed by atoms with Crippen molar-refractivity contribution in [3.05, 3.63) is 63.8 Å². The molecule has 1 amide bonds. The number of benzene rings is 2. The van der Waals surface area contributed by atoms with Crippen LogP contribution < -0.4 is 14.8 Å². The van der Waals surface area contributed by atoms with Crippen molar-refractivity contribution in [3.8, 4) is 35.0 Å². The van der Waals surface area contributed by atoms with Crippen LogP contribution in [-0.2, 0) is 4.79 Å². The summed E-state index contributed by atoms with van der Waals surface area (Å²) in [6, 6.07) is 14.6. The van der Waals surface area contributed by atoms with E-state index in [0.717, 1.165) is 16.0 Å². The number of hydrogen-bond donors (Lipinski definition) is 2. The van der Waals surface area contributed by atoms with Gasteiger partial charge in [0.25, 0.3) is 0 Å². The molecule has 1 aromatic heterocycles. The molecule has 6 nitrogen and oxygen atoms in total. The number of hydrogen-bond acceptors (Lipinski definition) is 5. The van der Waals surface area contributed by atoms with E-state index < -0.39 is 5.97 Å². The number of ether oxygens (including phenoxy) is 2. The van der Waals surface area contributed by atoms with Crippen molar-refractivity contribution in [2.24, 2.45) is 0 Å². The zero-order valence-electron chi connectivity index (χ0n) is 16.7. The van der Waals surface area contributed by atoms with E-state index in [1.807, 2.05) is 36.4 Å². The minimum Gasteiger partial charge on any atom is -0.493 e. The Hall–Kier alpha value is -3.76. The second-order valence-corrected chi connectivity index (χ2v) is 7.98. The minimum absolute atomic E-state index is 0.110. The number of anilines is 1. The molecule has 1 atom stereocenters. The summed E-state index contributed by atoms with van der Waals surface area (Å²) in [5.74, 6) is 1.92. The van der Waals surface area contributed by atoms with Crippen LogP contribution in [0.15, 0.2) is 48.5 Å². The summed E-state index contributed by atoms with van der Waals surface area (Å²) >= 11 is 1.19. The van der Waals surface area contributed by atoms with Crippen LogP contribution in [0, 0.1) is 12.3 Å². The first-order chi connectivity index (χ1) is 15.0. The van der Waals surface area contributed by atoms with Gasteiger partial charge in [0.15, 0.2) is 11.5 Å². The summed E-state index contributed by atoms with van der Waals surface area (Å²) in [5.41, 5.74) is 2.67. The fourth-order valence-corrected chi connectivity index (χ4v) is 4.97. The summed E-state index contributed by atoms with van der Waals surface area (Å²) in [7, 11) is 1.53. The number of thiophene rings is 1. The van der Waals surface area contributed by atoms with E-state index in [0.29, 0.717) is 22.7 Å². The Morgan fingerprint density at radius 2 is 2.03 bits per heavy atom. The molecular formula is C24H19NO5S. The number of amides is 1. The van der Waals surface area contributed by atoms with Crippen molar-refractivity contribution in [2.75, 3.05) is 19.0 Å². The van der Waals surface area contributed by atoms with Crippen LogP contribution in [0.25, 0.3) is 11.1 Å². The van der Waals surface area contributed by atoms with Gasteiger partial charge < -0.3 is 19.9 Å². The highest BCUT2D eigenvalue weighted by Gasteiger charge is 2.34. The number of carbonyl (C=O) groups is 2. The monoisotopic (exact) mass is 433 g/mol. The van der Waals surface area contributed by atoms with Crippen molar-refractivity contribution >= 4 is 28.9 Å². The lowest BCUT2D eigenvalue weighted by molar-refractivity contribution is -0.116. The van der Waals surface area contributed by atoms with Gasteiger partial charge >= 0.3 is 5.97 Å². The molecule has 0 fully saturated rings. The minimum atomic E-state index is -1.03. The first-order valence-electron chi connectivity index (χ1n) is 9.53. The van der Waals surface area contributed by atoms with Gasteiger partial charge in [-0.1, -0.05) is 42.3 Å². The number of terminal acetylenes is 1. The Morgan fingerprint density at radius 1 is 1.26 bits per heavy atom. The van der Waals surface area contributed by atoms with Crippen LogP contribution in [0.2, 0.25) is 0 Å². The molecule has 31 heavy (non-hydrogen) atoms. The van der Waals surface area contributed by atoms with Crippen LogP contribution >= 0.6 is 11.3 Å². The highest BCUT2D eigenvalue weighted by molar-refractivity contribution is 7.15. The standard InChI is InChI=1S/C24H19NO5S/c1-3-11-30-17-10-9-15(12-18(17)29-2)16-13-19(26)25-21-20(14-7-5-4-6-8-14)23(24(27)28)31-22(16)21/h1,4-10,12,16H,11,13H2,2H3,(H,25,26)(H,27,28). The number of rotatable bonds is 6. The second kappa shape index (κ2) is 8.54. The molecule has 2 heterocycles. The van der Waals surface area contributed by atoms with Crippen molar-refractivity contribution in [2.45, 2.75) is 12.3 Å². The van der Waals surface area contributed by atoms with Crippen molar-refractivity contribution in [1.29, 1.82) is 0 Å². The lowest BCUT2D eigenvalue weighted by Gasteiger charge is -2.24. The molecule has 0 bridgehead atoms. The summed E-state index contributed by atoms with van der Waals surface area (Å²) < 4.78 is 10.9. The Labute approximate surface area is 183 Å². The SMILES string of the molecule is C#CCOc1ccc(C2CC(=O)Nc3c2sc(C(=O)O)c3-c2ccccc2)cc1OC. The number of carboxylic acid groups (broad SMARTS) is 1. The Bertz CT molecular complexity index is 1190. The summed E-state index contributed by atoms with van der Waals surface area (Å²) in [6.45, 7) is 0.110. The zero-order chi connectivity index (χ0) is 22.0. The average Bonchev–Trinajstić information content (AvgIpc) is 3.17. The topological polar surface area (TPSA) is 84.9 Å². The lowest BCUT2D eigenvalue weighted by atomic mass is 9.88. The molecule has 0 saturated heterocycles. The van der Waals surface area contributed by atoms with E-state index in [4.69, 9.17) is 15.9 Å². The van der Waals surface area contributed by atoms with Crippen LogP contribution in [0.5, 0.6) is 11.5 Å². The molecule has 156 valence electrons. The first kappa shape index (κ1) is 20.5. The zero-order valence-corrected chi connectivity index (χ0v) is 17.5. The molecule has 1 aliphatic heterocycles. The van der Waals surface area contributed by atoms with Crippen molar-refractivity contribution < 1.29 is 24.2 Å². The molecule has 2 N–H and O–H groups in total. The van der Waals surface area contributed by atoms with Gasteiger partial charge in [0.1, 0.15) is 11.5 Å². The van der Waals surface area contributed by atoms with Gasteiger partial charge in [0.2, 0.25) is 5.91 Å². The van der Waals surface area contributed by atoms with E-state index in [-0.39, 0.29) is 29.7 Å². The molecule has 4 rings (SSSR count). The molecule has 0 aliphatic carbocycles. The summed E-state index contributed by atoms with van der Waals surface area (Å²) in [4.78, 5) is 25.6. The predicted molar refractivity (Wildman–Crippen MR) is 119 cm³/mol. The molecule has 2 aromatic carbocycles. The third-order valence-electron chi connectivity index (χ3n) is 5.06. The van der Waals surface area contributed by atoms with Crippen molar-refractivity contribution in [1.82, 2.24) is 0 Å². The Kier molecular flexibility index (Phi) is 5.65. The van der Waals surface area contributed by atoms with E-state index in [1.165, 1.54) is 18.4 Å². The van der Waals surface area contributed by atoms with Gasteiger partial charge in [0.05, 0.1) is 12.8 Å². The quantitative estimate of drug-likeness (QED) is 0.555. The van der Waals surface area contributed by atoms with E-state index in [1.54, 1.807) is 12.1 Å². The number of fused-ring (bicyclic) bond motifs is 1. The molecule has 1 unspecified atom stereocenters. The normalized spacial score (nSPS) is 14.8. The van der Waals surface area contributed by atoms with E-state index in [9.17, 15) is 14.7 Å². The fourth-order valence-electron chi connectivity index (χ4n) is 3.73. The van der Waals surface area contributed by atoms with Gasteiger partial charge in [-0.15, -0.1) is 17.8 Å². The van der Waals surface area contributed by atoms with Crippen LogP contribution in [0.4, 0.5) is 5.69 Å². The summed E-state index contributed by atoms with van der Waals surface area (Å²) in [6.07, 6.45) is 5.47. The molecule has 3 aromatic rings. The van der Waals surface area contributed by atoms with Crippen LogP contribution in [-0.4, -0.2) is 30.7 Å². The molecule has 0 radical (unpaired) electrons. The van der Waals surface area contributed by atoms with E-state index >= 15 is 0 Å². The fraction of sp³-hybridized carbons (Fsp3) is 0.167. The number of carbonyl (C=O) groups excluding carboxylic acids is 1. The van der Waals surface area contributed by atoms with Crippen molar-refractivity contribution in [3.63, 3.8) is 0 Å². The van der Waals surface area contributed by atoms with Gasteiger partial charge in [-0.05, 0) is 23.3 Å². The van der Waals surface area contributed by atoms with Gasteiger partial charge in [-0.25, -0.2) is 4.79 Å². The number of carboxylic acids is 1. The van der Waals surface area contributed by atoms with Gasteiger partial charge in [0, 0.05) is 22.8 Å². The second-order valence-electron chi connectivity index (χ2n) is 6.92. The van der Waals surface area contributed by atoms with Crippen LogP contribution in [0.1, 0.15) is 32.5 Å². The molecule has 7 heteroatoms. The maximum Gasteiger partial charge on any atom is 0.346 e. The van der Waals surface area contributed by atoms with Crippen LogP contribution in [0.3, 0.4) is 0 Å². The lowest BCUT2D eigenvalue weighted by Crippen LogP contribution is -2.22. The smallest absolute Gasteiger partial charge is 0.346 e. The maximum absolute atomic E-state index is 12.6. The largest absolute Gasteiger partial charge is 0.493 e. The molecule has 0 saturated carbocycles. The van der Waals surface area contributed by atoms with E-state index in [2.05, 4.69) is 11.2 Å². The number of nitrogens with one attached hydrogen (secondary N) is 1. The first-order valence-corrected chi connectivity index (χ1v) is 10.3. The highest BCUT2D eigenvalue weighted by Crippen LogP contribution is 2.50. The van der Waals surface area contributed by atoms with Gasteiger partial charge in [-0.3, -0.25) is 4.79 Å². The average molecular weight is 433 g/mol. The maximum atomic E-state index is 12.6. The third kappa shape index (κ3) is 3.86. The molecule has 0 spiro atoms. The van der Waals surface area contributed by atoms with Gasteiger partial charge in [-0.2, -0.15) is 0 Å². The highest BCUT2D eigenvalue weighted by atomic mass is 32.1. The summed E-state index contributed by atoms with van der Waals surface area (Å²) in [5, 5.41) is 12.7. The number of aromatic carboxylic acids is 1. The molecule has 1 aliphatic rings. The molecular weight excluding hydrogens is 414 g/mol. The Morgan fingerprint density at radius 3 is 2.71 bits per heavy atom. The Balaban J connectivity index is 1.85.